The van der Waals surface area contributed by atoms with Crippen molar-refractivity contribution in [1.29, 1.82) is 0 Å². The Morgan fingerprint density at radius 2 is 1.90 bits per heavy atom. The van der Waals surface area contributed by atoms with Crippen molar-refractivity contribution in [2.24, 2.45) is 0 Å². The van der Waals surface area contributed by atoms with Crippen molar-refractivity contribution in [3.05, 3.63) is 12.2 Å². The molecule has 3 N–H and O–H groups in total. The van der Waals surface area contributed by atoms with Gasteiger partial charge in [-0.1, -0.05) is 13.0 Å². The molecule has 1 aliphatic rings. The molecule has 0 saturated carbocycles. The van der Waals surface area contributed by atoms with Crippen molar-refractivity contribution in [2.45, 2.75) is 64.1 Å². The minimum atomic E-state index is -1.25. The minimum Gasteiger partial charge on any atom is -0.478 e. The monoisotopic (exact) mass is 302 g/mol. The number of unbranched alkanes of at least 4 members (excludes halogenated alkanes) is 2. The van der Waals surface area contributed by atoms with Crippen LogP contribution < -0.4 is 0 Å². The van der Waals surface area contributed by atoms with E-state index < -0.39 is 12.3 Å². The average Bonchev–Trinajstić information content (AvgIpc) is 2.66. The minimum absolute atomic E-state index is 0.0255. The summed E-state index contributed by atoms with van der Waals surface area (Å²) in [6, 6.07) is 0. The first-order valence-corrected chi connectivity index (χ1v) is 7.36. The number of aliphatic carboxylic acids is 1. The number of hydrogen-bond acceptors (Lipinski definition) is 5. The van der Waals surface area contributed by atoms with Gasteiger partial charge in [0.25, 0.3) is 0 Å². The Balaban J connectivity index is 0.000000423. The smallest absolute Gasteiger partial charge is 0.330 e. The summed E-state index contributed by atoms with van der Waals surface area (Å²) < 4.78 is 4.76. The van der Waals surface area contributed by atoms with Crippen molar-refractivity contribution in [3.63, 3.8) is 0 Å². The first kappa shape index (κ1) is 19.6. The van der Waals surface area contributed by atoms with E-state index >= 15 is 0 Å². The van der Waals surface area contributed by atoms with Crippen molar-refractivity contribution < 1.29 is 29.6 Å². The zero-order valence-corrected chi connectivity index (χ0v) is 12.4. The molecule has 0 bridgehead atoms. The lowest BCUT2D eigenvalue weighted by Crippen LogP contribution is -2.03. The van der Waals surface area contributed by atoms with Crippen LogP contribution in [0.2, 0.25) is 0 Å². The molecule has 1 heterocycles. The van der Waals surface area contributed by atoms with Gasteiger partial charge < -0.3 is 20.1 Å². The maximum Gasteiger partial charge on any atom is 0.330 e. The second-order valence-corrected chi connectivity index (χ2v) is 5.02. The number of hydrogen-bond donors (Lipinski definition) is 3. The molecule has 0 aliphatic carbocycles. The summed E-state index contributed by atoms with van der Waals surface area (Å²) in [6.07, 6.45) is 5.63. The van der Waals surface area contributed by atoms with E-state index in [2.05, 4.69) is 6.58 Å². The quantitative estimate of drug-likeness (QED) is 0.287. The van der Waals surface area contributed by atoms with E-state index in [1.165, 1.54) is 0 Å². The van der Waals surface area contributed by atoms with Gasteiger partial charge >= 0.3 is 11.9 Å². The van der Waals surface area contributed by atoms with Crippen LogP contribution in [0, 0.1) is 0 Å². The average molecular weight is 302 g/mol. The fourth-order valence-corrected chi connectivity index (χ4v) is 1.76. The molecule has 0 aromatic heterocycles. The number of carboxylic acid groups (broad SMARTS) is 1. The van der Waals surface area contributed by atoms with Gasteiger partial charge in [0.15, 0.2) is 6.29 Å². The molecular formula is C15H26O6. The Bertz CT molecular complexity index is 314. The number of carbonyl (C=O) groups is 2. The molecule has 1 fully saturated rings. The molecule has 0 unspecified atom stereocenters. The van der Waals surface area contributed by atoms with Crippen molar-refractivity contribution in [2.75, 3.05) is 6.61 Å². The molecule has 1 saturated heterocycles. The second kappa shape index (κ2) is 12.3. The van der Waals surface area contributed by atoms with Crippen LogP contribution in [0.3, 0.4) is 0 Å². The van der Waals surface area contributed by atoms with E-state index in [4.69, 9.17) is 20.1 Å². The fraction of sp³-hybridized carbons (Fsp3) is 0.733. The molecule has 0 atom stereocenters. The number of esters is 1. The van der Waals surface area contributed by atoms with Gasteiger partial charge in [-0.3, -0.25) is 4.79 Å². The molecule has 0 spiro atoms. The van der Waals surface area contributed by atoms with Crippen molar-refractivity contribution in [3.8, 4) is 0 Å². The molecule has 122 valence electrons. The van der Waals surface area contributed by atoms with E-state index in [-0.39, 0.29) is 11.5 Å². The zero-order valence-electron chi connectivity index (χ0n) is 12.4. The highest BCUT2D eigenvalue weighted by atomic mass is 16.5. The van der Waals surface area contributed by atoms with Crippen LogP contribution in [0.1, 0.15) is 57.8 Å². The van der Waals surface area contributed by atoms with Crippen LogP contribution in [0.4, 0.5) is 0 Å². The van der Waals surface area contributed by atoms with Gasteiger partial charge in [0.2, 0.25) is 0 Å². The number of carboxylic acids is 1. The van der Waals surface area contributed by atoms with Gasteiger partial charge in [0.1, 0.15) is 0 Å². The molecule has 21 heavy (non-hydrogen) atoms. The zero-order chi connectivity index (χ0) is 16.1. The van der Waals surface area contributed by atoms with E-state index in [0.29, 0.717) is 32.3 Å². The first-order valence-electron chi connectivity index (χ1n) is 7.36. The third-order valence-corrected chi connectivity index (χ3v) is 3.03. The SMILES string of the molecule is C=C(CCCCCC(O)O)C(=O)O.O=C1CCCCCO1. The van der Waals surface area contributed by atoms with E-state index in [1.54, 1.807) is 0 Å². The molecule has 0 amide bonds. The maximum absolute atomic E-state index is 10.5. The third kappa shape index (κ3) is 13.3. The van der Waals surface area contributed by atoms with Gasteiger partial charge in [-0.05, 0) is 44.9 Å². The summed E-state index contributed by atoms with van der Waals surface area (Å²) in [5, 5.41) is 25.4. The van der Waals surface area contributed by atoms with Crippen LogP contribution in [-0.2, 0) is 14.3 Å². The summed E-state index contributed by atoms with van der Waals surface area (Å²) in [4.78, 5) is 20.8. The number of carbonyl (C=O) groups excluding carboxylic acids is 1. The highest BCUT2D eigenvalue weighted by Gasteiger charge is 2.05. The topological polar surface area (TPSA) is 104 Å². The molecule has 0 aromatic carbocycles. The normalized spacial score (nSPS) is 14.7. The Morgan fingerprint density at radius 1 is 1.19 bits per heavy atom. The third-order valence-electron chi connectivity index (χ3n) is 3.03. The molecule has 1 rings (SSSR count). The Morgan fingerprint density at radius 3 is 2.52 bits per heavy atom. The largest absolute Gasteiger partial charge is 0.478 e. The van der Waals surface area contributed by atoms with Crippen molar-refractivity contribution in [1.82, 2.24) is 0 Å². The standard InChI is InChI=1S/C9H16O4.C6H10O2/c1-7(9(12)13)5-3-2-4-6-8(10)11;7-6-4-2-1-3-5-8-6/h8,10-11H,1-6H2,(H,12,13);1-5H2. The highest BCUT2D eigenvalue weighted by Crippen LogP contribution is 2.09. The van der Waals surface area contributed by atoms with Gasteiger partial charge in [0, 0.05) is 12.0 Å². The lowest BCUT2D eigenvalue weighted by molar-refractivity contribution is -0.142. The Hall–Kier alpha value is -1.40. The number of rotatable bonds is 7. The predicted molar refractivity (Wildman–Crippen MR) is 77.5 cm³/mol. The molecular weight excluding hydrogens is 276 g/mol. The van der Waals surface area contributed by atoms with Gasteiger partial charge in [-0.15, -0.1) is 0 Å². The number of aliphatic hydroxyl groups excluding tert-OH is 1. The summed E-state index contributed by atoms with van der Waals surface area (Å²) in [5.74, 6) is -0.982. The van der Waals surface area contributed by atoms with E-state index in [9.17, 15) is 9.59 Å². The van der Waals surface area contributed by atoms with E-state index in [0.717, 1.165) is 32.1 Å². The second-order valence-electron chi connectivity index (χ2n) is 5.02. The molecule has 1 aliphatic heterocycles. The number of ether oxygens (including phenoxy) is 1. The Labute approximate surface area is 125 Å². The molecule has 6 nitrogen and oxygen atoms in total. The van der Waals surface area contributed by atoms with Crippen LogP contribution in [0.5, 0.6) is 0 Å². The van der Waals surface area contributed by atoms with Crippen molar-refractivity contribution >= 4 is 11.9 Å². The highest BCUT2D eigenvalue weighted by molar-refractivity contribution is 5.85. The summed E-state index contributed by atoms with van der Waals surface area (Å²) in [5.41, 5.74) is 0.213. The molecule has 0 aromatic rings. The number of aliphatic hydroxyl groups is 2. The van der Waals surface area contributed by atoms with Gasteiger partial charge in [-0.25, -0.2) is 4.79 Å². The summed E-state index contributed by atoms with van der Waals surface area (Å²) >= 11 is 0. The first-order chi connectivity index (χ1) is 9.93. The fourth-order valence-electron chi connectivity index (χ4n) is 1.76. The van der Waals surface area contributed by atoms with Gasteiger partial charge in [0.05, 0.1) is 6.61 Å². The van der Waals surface area contributed by atoms with E-state index in [1.807, 2.05) is 0 Å². The molecule has 0 radical (unpaired) electrons. The summed E-state index contributed by atoms with van der Waals surface area (Å²) in [7, 11) is 0. The van der Waals surface area contributed by atoms with Crippen LogP contribution in [0.25, 0.3) is 0 Å². The Kier molecular flexibility index (Phi) is 11.5. The maximum atomic E-state index is 10.5. The lowest BCUT2D eigenvalue weighted by atomic mass is 10.1. The van der Waals surface area contributed by atoms with Crippen LogP contribution in [0.15, 0.2) is 12.2 Å². The van der Waals surface area contributed by atoms with Gasteiger partial charge in [-0.2, -0.15) is 0 Å². The number of cyclic esters (lactones) is 1. The van der Waals surface area contributed by atoms with Crippen LogP contribution in [-0.4, -0.2) is 40.2 Å². The molecule has 6 heteroatoms. The lowest BCUT2D eigenvalue weighted by Gasteiger charge is -2.02. The van der Waals surface area contributed by atoms with Crippen LogP contribution >= 0.6 is 0 Å². The summed E-state index contributed by atoms with van der Waals surface area (Å²) in [6.45, 7) is 4.03. The predicted octanol–water partition coefficient (Wildman–Crippen LogP) is 1.99.